The Hall–Kier alpha value is -3.47. The third-order valence-corrected chi connectivity index (χ3v) is 4.69. The van der Waals surface area contributed by atoms with Gasteiger partial charge in [-0.25, -0.2) is 9.37 Å². The van der Waals surface area contributed by atoms with Crippen LogP contribution < -0.4 is 5.32 Å². The number of benzene rings is 3. The summed E-state index contributed by atoms with van der Waals surface area (Å²) in [5.41, 5.74) is 4.83. The second-order valence-electron chi connectivity index (χ2n) is 6.72. The number of H-pyrrole nitrogens is 1. The molecule has 0 saturated heterocycles. The summed E-state index contributed by atoms with van der Waals surface area (Å²) in [4.78, 5) is 19.3. The zero-order valence-corrected chi connectivity index (χ0v) is 15.3. The summed E-state index contributed by atoms with van der Waals surface area (Å²) >= 11 is 0. The Morgan fingerprint density at radius 2 is 1.89 bits per heavy atom. The Bertz CT molecular complexity index is 1110. The summed E-state index contributed by atoms with van der Waals surface area (Å²) in [5, 5.41) is 2.89. The second kappa shape index (κ2) is 8.05. The van der Waals surface area contributed by atoms with E-state index in [-0.39, 0.29) is 11.7 Å². The van der Waals surface area contributed by atoms with E-state index in [1.807, 2.05) is 54.6 Å². The number of aromatic nitrogens is 2. The van der Waals surface area contributed by atoms with Gasteiger partial charge in [0.05, 0.1) is 17.4 Å². The highest BCUT2D eigenvalue weighted by Crippen LogP contribution is 2.24. The number of nitrogens with zero attached hydrogens (tertiary/aromatic N) is 1. The van der Waals surface area contributed by atoms with E-state index >= 15 is 0 Å². The van der Waals surface area contributed by atoms with Crippen LogP contribution in [0.25, 0.3) is 22.2 Å². The molecule has 1 amide bonds. The van der Waals surface area contributed by atoms with Crippen molar-refractivity contribution in [1.29, 1.82) is 0 Å². The molecule has 2 N–H and O–H groups in total. The van der Waals surface area contributed by atoms with Gasteiger partial charge in [-0.3, -0.25) is 4.79 Å². The van der Waals surface area contributed by atoms with E-state index in [0.29, 0.717) is 24.8 Å². The van der Waals surface area contributed by atoms with E-state index in [0.717, 1.165) is 27.8 Å². The van der Waals surface area contributed by atoms with Gasteiger partial charge in [-0.1, -0.05) is 42.5 Å². The maximum Gasteiger partial charge on any atom is 0.224 e. The molecule has 0 aliphatic rings. The summed E-state index contributed by atoms with van der Waals surface area (Å²) in [7, 11) is 0. The molecule has 0 bridgehead atoms. The normalized spacial score (nSPS) is 10.9. The first kappa shape index (κ1) is 17.9. The largest absolute Gasteiger partial charge is 0.345 e. The molecule has 28 heavy (non-hydrogen) atoms. The average molecular weight is 373 g/mol. The van der Waals surface area contributed by atoms with E-state index in [4.69, 9.17) is 0 Å². The van der Waals surface area contributed by atoms with Crippen molar-refractivity contribution in [2.45, 2.75) is 19.3 Å². The lowest BCUT2D eigenvalue weighted by Gasteiger charge is -2.08. The highest BCUT2D eigenvalue weighted by Gasteiger charge is 2.08. The monoisotopic (exact) mass is 373 g/mol. The molecule has 0 saturated carbocycles. The van der Waals surface area contributed by atoms with Crippen molar-refractivity contribution < 1.29 is 9.18 Å². The predicted molar refractivity (Wildman–Crippen MR) is 109 cm³/mol. The van der Waals surface area contributed by atoms with Gasteiger partial charge >= 0.3 is 0 Å². The minimum absolute atomic E-state index is 0.0553. The Labute approximate surface area is 162 Å². The van der Waals surface area contributed by atoms with E-state index in [1.165, 1.54) is 0 Å². The van der Waals surface area contributed by atoms with Crippen LogP contribution in [0.5, 0.6) is 0 Å². The minimum atomic E-state index is -0.235. The number of anilines is 1. The lowest BCUT2D eigenvalue weighted by atomic mass is 10.0. The van der Waals surface area contributed by atoms with Crippen molar-refractivity contribution in [2.24, 2.45) is 0 Å². The molecule has 0 aliphatic carbocycles. The predicted octanol–water partition coefficient (Wildman–Crippen LogP) is 5.33. The molecule has 1 aromatic heterocycles. The molecular weight excluding hydrogens is 353 g/mol. The molecule has 4 nitrogen and oxygen atoms in total. The molecule has 5 heteroatoms. The van der Waals surface area contributed by atoms with Crippen LogP contribution >= 0.6 is 0 Å². The molecule has 0 unspecified atom stereocenters. The van der Waals surface area contributed by atoms with Crippen LogP contribution in [0.4, 0.5) is 10.1 Å². The Balaban J connectivity index is 1.32. The van der Waals surface area contributed by atoms with Crippen molar-refractivity contribution in [3.63, 3.8) is 0 Å². The molecule has 4 aromatic rings. The van der Waals surface area contributed by atoms with Gasteiger partial charge in [-0.15, -0.1) is 0 Å². The lowest BCUT2D eigenvalue weighted by Crippen LogP contribution is -2.11. The molecule has 140 valence electrons. The Kier molecular flexibility index (Phi) is 5.15. The van der Waals surface area contributed by atoms with Gasteiger partial charge in [-0.2, -0.15) is 0 Å². The summed E-state index contributed by atoms with van der Waals surface area (Å²) < 4.78 is 14.4. The summed E-state index contributed by atoms with van der Waals surface area (Å²) in [6, 6.07) is 20.3. The van der Waals surface area contributed by atoms with Gasteiger partial charge < -0.3 is 10.3 Å². The van der Waals surface area contributed by atoms with Crippen molar-refractivity contribution in [3.05, 3.63) is 84.4 Å². The molecule has 1 heterocycles. The molecular formula is C23H20FN3O. The minimum Gasteiger partial charge on any atom is -0.345 e. The number of amides is 1. The lowest BCUT2D eigenvalue weighted by molar-refractivity contribution is -0.116. The number of hydrogen-bond donors (Lipinski definition) is 2. The first-order chi connectivity index (χ1) is 13.7. The number of rotatable bonds is 6. The molecule has 0 fully saturated rings. The Morgan fingerprint density at radius 3 is 2.71 bits per heavy atom. The van der Waals surface area contributed by atoms with Crippen LogP contribution in [0.3, 0.4) is 0 Å². The van der Waals surface area contributed by atoms with Crippen molar-refractivity contribution in [2.75, 3.05) is 5.32 Å². The quantitative estimate of drug-likeness (QED) is 0.480. The molecule has 4 rings (SSSR count). The van der Waals surface area contributed by atoms with Crippen LogP contribution in [0.1, 0.15) is 18.4 Å². The number of nitrogens with one attached hydrogen (secondary N) is 2. The number of fused-ring (bicyclic) bond motifs is 1. The fourth-order valence-corrected chi connectivity index (χ4v) is 3.26. The van der Waals surface area contributed by atoms with Crippen molar-refractivity contribution in [3.8, 4) is 11.1 Å². The number of carbonyl (C=O) groups is 1. The second-order valence-corrected chi connectivity index (χ2v) is 6.72. The maximum atomic E-state index is 14.4. The number of aryl methyl sites for hydroxylation is 1. The SMILES string of the molecule is O=C(CCCc1ccc(-c2ccccc2)c(F)c1)Nc1ccc2nc[nH]c2c1. The van der Waals surface area contributed by atoms with Crippen LogP contribution in [-0.4, -0.2) is 15.9 Å². The smallest absolute Gasteiger partial charge is 0.224 e. The van der Waals surface area contributed by atoms with E-state index in [2.05, 4.69) is 15.3 Å². The highest BCUT2D eigenvalue weighted by molar-refractivity contribution is 5.92. The van der Waals surface area contributed by atoms with Gasteiger partial charge in [0.1, 0.15) is 5.82 Å². The van der Waals surface area contributed by atoms with E-state index in [1.54, 1.807) is 18.5 Å². The third-order valence-electron chi connectivity index (χ3n) is 4.69. The highest BCUT2D eigenvalue weighted by atomic mass is 19.1. The van der Waals surface area contributed by atoms with Gasteiger partial charge in [0.2, 0.25) is 5.91 Å². The topological polar surface area (TPSA) is 57.8 Å². The standard InChI is InChI=1S/C23H20FN3O/c24-20-13-16(9-11-19(20)17-6-2-1-3-7-17)5-4-8-23(28)27-18-10-12-21-22(14-18)26-15-25-21/h1-3,6-7,9-15H,4-5,8H2,(H,25,26)(H,27,28). The summed E-state index contributed by atoms with van der Waals surface area (Å²) in [5.74, 6) is -0.291. The molecule has 0 radical (unpaired) electrons. The van der Waals surface area contributed by atoms with Gasteiger partial charge in [-0.05, 0) is 48.2 Å². The maximum absolute atomic E-state index is 14.4. The van der Waals surface area contributed by atoms with Gasteiger partial charge in [0.15, 0.2) is 0 Å². The van der Waals surface area contributed by atoms with Crippen LogP contribution in [0.15, 0.2) is 73.1 Å². The van der Waals surface area contributed by atoms with E-state index < -0.39 is 0 Å². The van der Waals surface area contributed by atoms with Crippen LogP contribution in [0.2, 0.25) is 0 Å². The number of imidazole rings is 1. The van der Waals surface area contributed by atoms with E-state index in [9.17, 15) is 9.18 Å². The molecule has 3 aromatic carbocycles. The number of carbonyl (C=O) groups excluding carboxylic acids is 1. The van der Waals surface area contributed by atoms with Crippen molar-refractivity contribution >= 4 is 22.6 Å². The summed E-state index contributed by atoms with van der Waals surface area (Å²) in [6.07, 6.45) is 3.31. The zero-order chi connectivity index (χ0) is 19.3. The molecule has 0 spiro atoms. The molecule has 0 aliphatic heterocycles. The fraction of sp³-hybridized carbons (Fsp3) is 0.130. The third kappa shape index (κ3) is 4.09. The first-order valence-electron chi connectivity index (χ1n) is 9.26. The number of aromatic amines is 1. The summed E-state index contributed by atoms with van der Waals surface area (Å²) in [6.45, 7) is 0. The average Bonchev–Trinajstić information content (AvgIpc) is 3.16. The van der Waals surface area contributed by atoms with Gasteiger partial charge in [0.25, 0.3) is 0 Å². The first-order valence-corrected chi connectivity index (χ1v) is 9.26. The van der Waals surface area contributed by atoms with Gasteiger partial charge in [0, 0.05) is 17.7 Å². The van der Waals surface area contributed by atoms with Crippen LogP contribution in [-0.2, 0) is 11.2 Å². The number of halogens is 1. The Morgan fingerprint density at radius 1 is 1.04 bits per heavy atom. The fourth-order valence-electron chi connectivity index (χ4n) is 3.26. The van der Waals surface area contributed by atoms with Crippen LogP contribution in [0, 0.1) is 5.82 Å². The number of hydrogen-bond acceptors (Lipinski definition) is 2. The van der Waals surface area contributed by atoms with Crippen molar-refractivity contribution in [1.82, 2.24) is 9.97 Å². The zero-order valence-electron chi connectivity index (χ0n) is 15.3. The molecule has 0 atom stereocenters.